The standard InChI is InChI=1S/C58H40N8/c1-3-17-45(18-4-1)65(49-21-13-15-43(37-49)53-39-63-35-11-9-25-55(63)59-53)47-31-27-41(28-32-47)57-58(62-52-24-8-7-23-51(52)61-57)42-29-33-48(34-30-42)66(46-19-5-2-6-20-46)50-22-14-16-44(38-50)54-40-64-36-12-10-26-56(64)60-54/h1-40H. The van der Waals surface area contributed by atoms with Gasteiger partial charge in [-0.3, -0.25) is 0 Å². The molecule has 312 valence electrons. The van der Waals surface area contributed by atoms with Crippen LogP contribution in [0.1, 0.15) is 0 Å². The van der Waals surface area contributed by atoms with E-state index in [9.17, 15) is 0 Å². The van der Waals surface area contributed by atoms with Gasteiger partial charge < -0.3 is 18.6 Å². The highest BCUT2D eigenvalue weighted by atomic mass is 15.1. The summed E-state index contributed by atoms with van der Waals surface area (Å²) in [6, 6.07) is 75.5. The summed E-state index contributed by atoms with van der Waals surface area (Å²) in [6.07, 6.45) is 8.21. The second-order valence-corrected chi connectivity index (χ2v) is 16.1. The number of imidazole rings is 2. The fraction of sp³-hybridized carbons (Fsp3) is 0. The molecule has 12 rings (SSSR count). The number of pyridine rings is 2. The van der Waals surface area contributed by atoms with Gasteiger partial charge in [0.1, 0.15) is 11.3 Å². The zero-order chi connectivity index (χ0) is 43.8. The molecule has 8 nitrogen and oxygen atoms in total. The minimum atomic E-state index is 0.813. The van der Waals surface area contributed by atoms with Gasteiger partial charge in [0.15, 0.2) is 0 Å². The second kappa shape index (κ2) is 16.5. The van der Waals surface area contributed by atoms with Crippen LogP contribution >= 0.6 is 0 Å². The van der Waals surface area contributed by atoms with Crippen LogP contribution in [-0.2, 0) is 0 Å². The Balaban J connectivity index is 0.911. The maximum absolute atomic E-state index is 5.28. The molecule has 0 aliphatic carbocycles. The maximum atomic E-state index is 5.28. The highest BCUT2D eigenvalue weighted by Gasteiger charge is 2.19. The lowest BCUT2D eigenvalue weighted by atomic mass is 10.0. The van der Waals surface area contributed by atoms with E-state index in [4.69, 9.17) is 19.9 Å². The van der Waals surface area contributed by atoms with Crippen LogP contribution in [0.5, 0.6) is 0 Å². The number of nitrogens with zero attached hydrogens (tertiary/aromatic N) is 8. The number of benzene rings is 7. The third-order valence-electron chi connectivity index (χ3n) is 11.9. The normalized spacial score (nSPS) is 11.3. The average Bonchev–Trinajstić information content (AvgIpc) is 4.03. The molecule has 0 aliphatic rings. The molecule has 0 amide bonds. The van der Waals surface area contributed by atoms with Crippen LogP contribution in [0.15, 0.2) is 243 Å². The lowest BCUT2D eigenvalue weighted by Crippen LogP contribution is -2.10. The number of aromatic nitrogens is 6. The fourth-order valence-corrected chi connectivity index (χ4v) is 8.74. The van der Waals surface area contributed by atoms with Crippen molar-refractivity contribution in [2.75, 3.05) is 9.80 Å². The molecular weight excluding hydrogens is 809 g/mol. The fourth-order valence-electron chi connectivity index (χ4n) is 8.74. The van der Waals surface area contributed by atoms with Crippen molar-refractivity contribution in [1.29, 1.82) is 0 Å². The molecule has 0 saturated heterocycles. The number of rotatable bonds is 10. The van der Waals surface area contributed by atoms with Gasteiger partial charge >= 0.3 is 0 Å². The van der Waals surface area contributed by atoms with E-state index in [2.05, 4.69) is 177 Å². The summed E-state index contributed by atoms with van der Waals surface area (Å²) in [5, 5.41) is 0. The molecule has 0 unspecified atom stereocenters. The first-order chi connectivity index (χ1) is 32.7. The summed E-state index contributed by atoms with van der Waals surface area (Å²) in [7, 11) is 0. The third kappa shape index (κ3) is 7.28. The molecule has 0 aliphatic heterocycles. The van der Waals surface area contributed by atoms with E-state index in [-0.39, 0.29) is 0 Å². The summed E-state index contributed by atoms with van der Waals surface area (Å²) < 4.78 is 4.11. The third-order valence-corrected chi connectivity index (χ3v) is 11.9. The Bertz CT molecular complexity index is 3350. The zero-order valence-electron chi connectivity index (χ0n) is 35.7. The van der Waals surface area contributed by atoms with Crippen LogP contribution < -0.4 is 9.80 Å². The van der Waals surface area contributed by atoms with Crippen molar-refractivity contribution < 1.29 is 0 Å². The maximum Gasteiger partial charge on any atom is 0.137 e. The average molecular weight is 849 g/mol. The van der Waals surface area contributed by atoms with E-state index in [0.29, 0.717) is 0 Å². The molecule has 66 heavy (non-hydrogen) atoms. The first-order valence-electron chi connectivity index (χ1n) is 21.9. The van der Waals surface area contributed by atoms with Crippen molar-refractivity contribution in [3.63, 3.8) is 0 Å². The molecule has 0 radical (unpaired) electrons. The number of para-hydroxylation sites is 4. The quantitative estimate of drug-likeness (QED) is 0.137. The van der Waals surface area contributed by atoms with Crippen LogP contribution in [0, 0.1) is 0 Å². The Kier molecular flexibility index (Phi) is 9.65. The van der Waals surface area contributed by atoms with Gasteiger partial charge in [0.2, 0.25) is 0 Å². The van der Waals surface area contributed by atoms with Crippen LogP contribution in [0.2, 0.25) is 0 Å². The van der Waals surface area contributed by atoms with Gasteiger partial charge in [0.25, 0.3) is 0 Å². The largest absolute Gasteiger partial charge is 0.310 e. The highest BCUT2D eigenvalue weighted by molar-refractivity contribution is 5.89. The minimum Gasteiger partial charge on any atom is -0.310 e. The molecule has 12 aromatic rings. The van der Waals surface area contributed by atoms with E-state index >= 15 is 0 Å². The second-order valence-electron chi connectivity index (χ2n) is 16.1. The number of fused-ring (bicyclic) bond motifs is 3. The Morgan fingerprint density at radius 1 is 0.288 bits per heavy atom. The van der Waals surface area contributed by atoms with Crippen molar-refractivity contribution >= 4 is 56.5 Å². The summed E-state index contributed by atoms with van der Waals surface area (Å²) in [6.45, 7) is 0. The Hall–Kier alpha value is -9.14. The number of hydrogen-bond donors (Lipinski definition) is 0. The van der Waals surface area contributed by atoms with E-state index in [1.807, 2.05) is 85.2 Å². The number of hydrogen-bond acceptors (Lipinski definition) is 6. The van der Waals surface area contributed by atoms with E-state index < -0.39 is 0 Å². The van der Waals surface area contributed by atoms with Crippen LogP contribution in [0.25, 0.3) is 67.4 Å². The van der Waals surface area contributed by atoms with Crippen molar-refractivity contribution in [3.05, 3.63) is 243 Å². The van der Waals surface area contributed by atoms with Crippen molar-refractivity contribution in [3.8, 4) is 45.0 Å². The summed E-state index contributed by atoms with van der Waals surface area (Å²) in [4.78, 5) is 24.9. The zero-order valence-corrected chi connectivity index (χ0v) is 35.7. The Morgan fingerprint density at radius 2 is 0.667 bits per heavy atom. The molecule has 0 bridgehead atoms. The first-order valence-corrected chi connectivity index (χ1v) is 21.9. The molecule has 7 aromatic carbocycles. The van der Waals surface area contributed by atoms with Gasteiger partial charge in [0.05, 0.1) is 33.8 Å². The minimum absolute atomic E-state index is 0.813. The summed E-state index contributed by atoms with van der Waals surface area (Å²) in [5.74, 6) is 0. The van der Waals surface area contributed by atoms with Crippen molar-refractivity contribution in [2.24, 2.45) is 0 Å². The van der Waals surface area contributed by atoms with Gasteiger partial charge in [-0.1, -0.05) is 109 Å². The molecule has 8 heteroatoms. The van der Waals surface area contributed by atoms with Gasteiger partial charge in [-0.15, -0.1) is 0 Å². The summed E-state index contributed by atoms with van der Waals surface area (Å²) >= 11 is 0. The Morgan fingerprint density at radius 3 is 1.09 bits per heavy atom. The SMILES string of the molecule is c1ccc(N(c2ccc(-c3nc4ccccc4nc3-c3ccc(N(c4ccccc4)c4cccc(-c5cn6ccccc6n5)c4)cc3)cc2)c2cccc(-c3cn4ccccc4n3)c2)cc1. The number of anilines is 6. The lowest BCUT2D eigenvalue weighted by molar-refractivity contribution is 1.19. The molecule has 0 atom stereocenters. The topological polar surface area (TPSA) is 66.9 Å². The molecule has 5 aromatic heterocycles. The predicted octanol–water partition coefficient (Wildman–Crippen LogP) is 14.5. The molecule has 0 fully saturated rings. The van der Waals surface area contributed by atoms with E-state index in [1.54, 1.807) is 0 Å². The monoisotopic (exact) mass is 848 g/mol. The van der Waals surface area contributed by atoms with Gasteiger partial charge in [-0.25, -0.2) is 19.9 Å². The molecule has 0 saturated carbocycles. The molecular formula is C58H40N8. The first kappa shape index (κ1) is 38.5. The molecule has 5 heterocycles. The van der Waals surface area contributed by atoms with Gasteiger partial charge in [-0.05, 0) is 109 Å². The highest BCUT2D eigenvalue weighted by Crippen LogP contribution is 2.41. The van der Waals surface area contributed by atoms with Crippen LogP contribution in [0.4, 0.5) is 34.1 Å². The molecule has 0 N–H and O–H groups in total. The lowest BCUT2D eigenvalue weighted by Gasteiger charge is -2.26. The smallest absolute Gasteiger partial charge is 0.137 e. The van der Waals surface area contributed by atoms with Crippen LogP contribution in [-0.4, -0.2) is 28.7 Å². The van der Waals surface area contributed by atoms with E-state index in [1.165, 1.54) is 0 Å². The van der Waals surface area contributed by atoms with Crippen molar-refractivity contribution in [2.45, 2.75) is 0 Å². The van der Waals surface area contributed by atoms with E-state index in [0.717, 1.165) is 101 Å². The van der Waals surface area contributed by atoms with Gasteiger partial charge in [-0.2, -0.15) is 0 Å². The predicted molar refractivity (Wildman–Crippen MR) is 268 cm³/mol. The van der Waals surface area contributed by atoms with Gasteiger partial charge in [0, 0.05) is 81.2 Å². The molecule has 0 spiro atoms. The van der Waals surface area contributed by atoms with Crippen LogP contribution in [0.3, 0.4) is 0 Å². The summed E-state index contributed by atoms with van der Waals surface area (Å²) in [5.41, 5.74) is 17.2. The van der Waals surface area contributed by atoms with Crippen molar-refractivity contribution in [1.82, 2.24) is 28.7 Å². The Labute approximate surface area is 381 Å².